The molecule has 5 aromatic rings. The highest BCUT2D eigenvalue weighted by molar-refractivity contribution is 7.99. The Bertz CT molecular complexity index is 1300. The highest BCUT2D eigenvalue weighted by Crippen LogP contribution is 2.34. The van der Waals surface area contributed by atoms with E-state index < -0.39 is 0 Å². The van der Waals surface area contributed by atoms with Gasteiger partial charge in [-0.1, -0.05) is 11.6 Å². The van der Waals surface area contributed by atoms with E-state index in [4.69, 9.17) is 11.6 Å². The smallest absolute Gasteiger partial charge is 0.202 e. The van der Waals surface area contributed by atoms with Crippen LogP contribution in [0.3, 0.4) is 0 Å². The molecule has 5 rings (SSSR count). The number of hydrogen-bond donors (Lipinski definition) is 1. The molecule has 0 spiro atoms. The number of rotatable bonds is 4. The highest BCUT2D eigenvalue weighted by Gasteiger charge is 2.19. The molecule has 0 aliphatic carbocycles. The number of halogens is 1. The van der Waals surface area contributed by atoms with Crippen LogP contribution in [0.15, 0.2) is 71.2 Å². The van der Waals surface area contributed by atoms with Gasteiger partial charge in [0.1, 0.15) is 16.5 Å². The zero-order chi connectivity index (χ0) is 19.8. The van der Waals surface area contributed by atoms with E-state index in [0.717, 1.165) is 27.3 Å². The van der Waals surface area contributed by atoms with Crippen LogP contribution in [-0.2, 0) is 0 Å². The number of fused-ring (bicyclic) bond motifs is 1. The molecule has 1 aromatic carbocycles. The number of H-pyrrole nitrogens is 1. The Morgan fingerprint density at radius 3 is 2.69 bits per heavy atom. The van der Waals surface area contributed by atoms with Crippen molar-refractivity contribution in [1.82, 2.24) is 34.7 Å². The molecule has 7 nitrogen and oxygen atoms in total. The lowest BCUT2D eigenvalue weighted by Gasteiger charge is -2.10. The Kier molecular flexibility index (Phi) is 4.49. The van der Waals surface area contributed by atoms with Gasteiger partial charge in [0.25, 0.3) is 0 Å². The van der Waals surface area contributed by atoms with Crippen molar-refractivity contribution in [3.05, 3.63) is 71.9 Å². The second-order valence-electron chi connectivity index (χ2n) is 6.28. The van der Waals surface area contributed by atoms with E-state index in [1.807, 2.05) is 60.2 Å². The van der Waals surface area contributed by atoms with Crippen LogP contribution in [0.4, 0.5) is 0 Å². The van der Waals surface area contributed by atoms with Crippen LogP contribution >= 0.6 is 23.4 Å². The fourth-order valence-corrected chi connectivity index (χ4v) is 4.14. The van der Waals surface area contributed by atoms with Crippen LogP contribution in [-0.4, -0.2) is 34.7 Å². The van der Waals surface area contributed by atoms with E-state index >= 15 is 0 Å². The van der Waals surface area contributed by atoms with E-state index in [1.165, 1.54) is 11.8 Å². The van der Waals surface area contributed by atoms with Crippen LogP contribution in [0.25, 0.3) is 28.1 Å². The summed E-state index contributed by atoms with van der Waals surface area (Å²) in [6, 6.07) is 13.4. The summed E-state index contributed by atoms with van der Waals surface area (Å²) >= 11 is 7.54. The third-order valence-corrected chi connectivity index (χ3v) is 5.52. The number of pyridine rings is 1. The molecule has 0 bridgehead atoms. The monoisotopic (exact) mass is 419 g/mol. The van der Waals surface area contributed by atoms with Gasteiger partial charge in [-0.3, -0.25) is 9.55 Å². The number of benzene rings is 1. The topological polar surface area (TPSA) is 85.2 Å². The average molecular weight is 420 g/mol. The predicted octanol–water partition coefficient (Wildman–Crippen LogP) is 4.71. The largest absolute Gasteiger partial charge is 0.346 e. The summed E-state index contributed by atoms with van der Waals surface area (Å²) in [5.41, 5.74) is 2.56. The van der Waals surface area contributed by atoms with Crippen molar-refractivity contribution in [3.8, 4) is 17.1 Å². The van der Waals surface area contributed by atoms with Gasteiger partial charge in [0.05, 0.1) is 5.39 Å². The van der Waals surface area contributed by atoms with Gasteiger partial charge in [-0.25, -0.2) is 9.97 Å². The van der Waals surface area contributed by atoms with Crippen LogP contribution in [0.2, 0.25) is 5.02 Å². The van der Waals surface area contributed by atoms with E-state index in [-0.39, 0.29) is 0 Å². The molecular weight excluding hydrogens is 406 g/mol. The number of aryl methyl sites for hydroxylation is 1. The minimum absolute atomic E-state index is 0.666. The molecule has 4 aromatic heterocycles. The zero-order valence-electron chi connectivity index (χ0n) is 15.2. The van der Waals surface area contributed by atoms with Crippen molar-refractivity contribution < 1.29 is 0 Å². The Hall–Kier alpha value is -3.23. The lowest BCUT2D eigenvalue weighted by molar-refractivity contribution is 0.881. The maximum atomic E-state index is 6.09. The first kappa shape index (κ1) is 17.8. The van der Waals surface area contributed by atoms with Crippen LogP contribution in [0, 0.1) is 6.92 Å². The van der Waals surface area contributed by atoms with Crippen molar-refractivity contribution in [2.24, 2.45) is 0 Å². The number of hydrogen-bond acceptors (Lipinski definition) is 6. The SMILES string of the molecule is Cc1nc(Sc2nnc(-c3cccnc3)n2-c2ccc(Cl)cc2)c2cc[nH]c2n1. The standard InChI is InChI=1S/C20H14ClN7S/c1-12-24-17-16(8-10-23-17)19(25-12)29-20-27-26-18(13-3-2-9-22-11-13)28(20)15-6-4-14(21)5-7-15/h2-11H,1H3,(H,23,24,25). The first-order valence-corrected chi connectivity index (χ1v) is 10.00. The fraction of sp³-hybridized carbons (Fsp3) is 0.0500. The summed E-state index contributed by atoms with van der Waals surface area (Å²) in [5.74, 6) is 1.38. The molecule has 0 fully saturated rings. The van der Waals surface area contributed by atoms with Crippen molar-refractivity contribution in [3.63, 3.8) is 0 Å². The quantitative estimate of drug-likeness (QED) is 0.424. The molecule has 0 amide bonds. The molecule has 1 N–H and O–H groups in total. The van der Waals surface area contributed by atoms with E-state index in [0.29, 0.717) is 21.8 Å². The minimum atomic E-state index is 0.666. The van der Waals surface area contributed by atoms with Gasteiger partial charge in [0, 0.05) is 34.9 Å². The third-order valence-electron chi connectivity index (χ3n) is 4.32. The molecule has 0 radical (unpaired) electrons. The number of nitrogens with zero attached hydrogens (tertiary/aromatic N) is 6. The summed E-state index contributed by atoms with van der Waals surface area (Å²) in [4.78, 5) is 16.4. The van der Waals surface area contributed by atoms with Crippen LogP contribution < -0.4 is 0 Å². The first-order valence-electron chi connectivity index (χ1n) is 8.80. The predicted molar refractivity (Wildman–Crippen MR) is 112 cm³/mol. The number of nitrogens with one attached hydrogen (secondary N) is 1. The molecule has 29 heavy (non-hydrogen) atoms. The van der Waals surface area contributed by atoms with E-state index in [9.17, 15) is 0 Å². The lowest BCUT2D eigenvalue weighted by Crippen LogP contribution is -2.00. The van der Waals surface area contributed by atoms with Gasteiger partial charge in [-0.05, 0) is 61.2 Å². The molecule has 0 atom stereocenters. The molecule has 0 aliphatic rings. The molecule has 0 unspecified atom stereocenters. The van der Waals surface area contributed by atoms with Crippen molar-refractivity contribution >= 4 is 34.4 Å². The molecular formula is C20H14ClN7S. The van der Waals surface area contributed by atoms with Gasteiger partial charge in [-0.15, -0.1) is 10.2 Å². The van der Waals surface area contributed by atoms with E-state index in [2.05, 4.69) is 30.1 Å². The molecule has 0 saturated carbocycles. The van der Waals surface area contributed by atoms with Crippen molar-refractivity contribution in [1.29, 1.82) is 0 Å². The molecule has 0 saturated heterocycles. The lowest BCUT2D eigenvalue weighted by atomic mass is 10.2. The van der Waals surface area contributed by atoms with Gasteiger partial charge in [0.15, 0.2) is 5.82 Å². The molecule has 142 valence electrons. The van der Waals surface area contributed by atoms with Crippen molar-refractivity contribution in [2.75, 3.05) is 0 Å². The highest BCUT2D eigenvalue weighted by atomic mass is 35.5. The van der Waals surface area contributed by atoms with E-state index in [1.54, 1.807) is 12.4 Å². The second-order valence-corrected chi connectivity index (χ2v) is 7.67. The summed E-state index contributed by atoms with van der Waals surface area (Å²) in [7, 11) is 0. The second kappa shape index (κ2) is 7.31. The van der Waals surface area contributed by atoms with Crippen LogP contribution in [0.1, 0.15) is 5.82 Å². The molecule has 9 heteroatoms. The molecule has 4 heterocycles. The first-order chi connectivity index (χ1) is 14.2. The number of aromatic amines is 1. The summed E-state index contributed by atoms with van der Waals surface area (Å²) in [6.45, 7) is 1.87. The Balaban J connectivity index is 1.67. The van der Waals surface area contributed by atoms with Gasteiger partial charge in [-0.2, -0.15) is 0 Å². The zero-order valence-corrected chi connectivity index (χ0v) is 16.8. The average Bonchev–Trinajstić information content (AvgIpc) is 3.36. The van der Waals surface area contributed by atoms with Gasteiger partial charge >= 0.3 is 0 Å². The van der Waals surface area contributed by atoms with Gasteiger partial charge < -0.3 is 4.98 Å². The Morgan fingerprint density at radius 1 is 1.03 bits per heavy atom. The van der Waals surface area contributed by atoms with Gasteiger partial charge in [0.2, 0.25) is 5.16 Å². The number of aromatic nitrogens is 7. The fourth-order valence-electron chi connectivity index (χ4n) is 3.02. The summed E-state index contributed by atoms with van der Waals surface area (Å²) < 4.78 is 1.98. The third kappa shape index (κ3) is 3.37. The maximum Gasteiger partial charge on any atom is 0.202 e. The van der Waals surface area contributed by atoms with Crippen molar-refractivity contribution in [2.45, 2.75) is 17.1 Å². The Morgan fingerprint density at radius 2 is 1.90 bits per heavy atom. The molecule has 0 aliphatic heterocycles. The normalized spacial score (nSPS) is 11.2. The summed E-state index contributed by atoms with van der Waals surface area (Å²) in [5, 5.41) is 12.0. The minimum Gasteiger partial charge on any atom is -0.346 e. The summed E-state index contributed by atoms with van der Waals surface area (Å²) in [6.07, 6.45) is 5.35. The van der Waals surface area contributed by atoms with Crippen LogP contribution in [0.5, 0.6) is 0 Å². The maximum absolute atomic E-state index is 6.09. The Labute approximate surface area is 175 Å².